The van der Waals surface area contributed by atoms with Gasteiger partial charge in [0.1, 0.15) is 5.76 Å². The molecule has 0 aromatic heterocycles. The highest BCUT2D eigenvalue weighted by Crippen LogP contribution is 2.39. The lowest BCUT2D eigenvalue weighted by Crippen LogP contribution is -2.29. The molecule has 1 amide bonds. The standard InChI is InChI=1S/C20H16ClNO3/c1-2-12-22-17(13-8-10-15(21)11-9-13)16(19(24)20(22)25)18(23)14-6-4-3-5-7-14/h2-11,17,23H,1,12H2/t17-/m1/s1. The van der Waals surface area contributed by atoms with E-state index in [-0.39, 0.29) is 17.9 Å². The number of hydrogen-bond donors (Lipinski definition) is 1. The molecule has 126 valence electrons. The molecule has 25 heavy (non-hydrogen) atoms. The first-order valence-electron chi connectivity index (χ1n) is 7.74. The van der Waals surface area contributed by atoms with Crippen LogP contribution in [-0.2, 0) is 9.59 Å². The van der Waals surface area contributed by atoms with E-state index >= 15 is 0 Å². The summed E-state index contributed by atoms with van der Waals surface area (Å²) in [4.78, 5) is 26.4. The van der Waals surface area contributed by atoms with Crippen molar-refractivity contribution in [2.75, 3.05) is 6.54 Å². The lowest BCUT2D eigenvalue weighted by Gasteiger charge is -2.24. The maximum absolute atomic E-state index is 12.6. The van der Waals surface area contributed by atoms with Gasteiger partial charge in [0.25, 0.3) is 11.7 Å². The predicted molar refractivity (Wildman–Crippen MR) is 97.1 cm³/mol. The highest BCUT2D eigenvalue weighted by molar-refractivity contribution is 6.46. The summed E-state index contributed by atoms with van der Waals surface area (Å²) in [5.74, 6) is -1.55. The second-order valence-electron chi connectivity index (χ2n) is 5.66. The molecule has 0 unspecified atom stereocenters. The zero-order chi connectivity index (χ0) is 18.0. The number of aliphatic hydroxyl groups excluding tert-OH is 1. The third-order valence-corrected chi connectivity index (χ3v) is 4.35. The van der Waals surface area contributed by atoms with E-state index in [2.05, 4.69) is 6.58 Å². The Balaban J connectivity index is 2.19. The minimum atomic E-state index is -0.705. The fourth-order valence-electron chi connectivity index (χ4n) is 2.95. The third-order valence-electron chi connectivity index (χ3n) is 4.10. The highest BCUT2D eigenvalue weighted by Gasteiger charge is 2.45. The van der Waals surface area contributed by atoms with E-state index in [0.29, 0.717) is 16.1 Å². The van der Waals surface area contributed by atoms with Crippen LogP contribution >= 0.6 is 11.6 Å². The van der Waals surface area contributed by atoms with Crippen LogP contribution in [0.2, 0.25) is 5.02 Å². The van der Waals surface area contributed by atoms with E-state index < -0.39 is 17.7 Å². The highest BCUT2D eigenvalue weighted by atomic mass is 35.5. The predicted octanol–water partition coefficient (Wildman–Crippen LogP) is 3.95. The number of halogens is 1. The number of carbonyl (C=O) groups is 2. The molecular weight excluding hydrogens is 338 g/mol. The summed E-state index contributed by atoms with van der Waals surface area (Å²) in [5.41, 5.74) is 1.25. The normalized spacial score (nSPS) is 19.2. The van der Waals surface area contributed by atoms with Gasteiger partial charge in [0.2, 0.25) is 0 Å². The van der Waals surface area contributed by atoms with Crippen molar-refractivity contribution < 1.29 is 14.7 Å². The Morgan fingerprint density at radius 2 is 1.76 bits per heavy atom. The van der Waals surface area contributed by atoms with Gasteiger partial charge in [0, 0.05) is 17.1 Å². The van der Waals surface area contributed by atoms with Crippen LogP contribution in [0.1, 0.15) is 17.2 Å². The molecule has 5 heteroatoms. The molecule has 2 aromatic rings. The van der Waals surface area contributed by atoms with Crippen molar-refractivity contribution >= 4 is 29.1 Å². The van der Waals surface area contributed by atoms with Crippen LogP contribution in [0.25, 0.3) is 5.76 Å². The first kappa shape index (κ1) is 17.0. The number of hydrogen-bond acceptors (Lipinski definition) is 3. The minimum Gasteiger partial charge on any atom is -0.507 e. The van der Waals surface area contributed by atoms with Crippen molar-refractivity contribution in [2.45, 2.75) is 6.04 Å². The van der Waals surface area contributed by atoms with Crippen molar-refractivity contribution in [3.05, 3.63) is 89.0 Å². The second-order valence-corrected chi connectivity index (χ2v) is 6.09. The zero-order valence-electron chi connectivity index (χ0n) is 13.4. The van der Waals surface area contributed by atoms with E-state index in [4.69, 9.17) is 11.6 Å². The quantitative estimate of drug-likeness (QED) is 0.392. The van der Waals surface area contributed by atoms with E-state index in [0.717, 1.165) is 0 Å². The van der Waals surface area contributed by atoms with Gasteiger partial charge in [-0.05, 0) is 17.7 Å². The Kier molecular flexibility index (Phi) is 4.72. The molecule has 0 saturated carbocycles. The smallest absolute Gasteiger partial charge is 0.295 e. The molecule has 1 saturated heterocycles. The molecule has 0 radical (unpaired) electrons. The Labute approximate surface area is 150 Å². The van der Waals surface area contributed by atoms with Gasteiger partial charge in [-0.2, -0.15) is 0 Å². The number of carbonyl (C=O) groups excluding carboxylic acids is 2. The molecule has 4 nitrogen and oxygen atoms in total. The lowest BCUT2D eigenvalue weighted by atomic mass is 9.95. The van der Waals surface area contributed by atoms with Crippen LogP contribution in [0.15, 0.2) is 72.8 Å². The average molecular weight is 354 g/mol. The van der Waals surface area contributed by atoms with Crippen LogP contribution < -0.4 is 0 Å². The van der Waals surface area contributed by atoms with Crippen LogP contribution in [0.4, 0.5) is 0 Å². The summed E-state index contributed by atoms with van der Waals surface area (Å²) in [6.07, 6.45) is 1.55. The molecule has 0 spiro atoms. The van der Waals surface area contributed by atoms with Gasteiger partial charge in [-0.25, -0.2) is 0 Å². The number of amides is 1. The van der Waals surface area contributed by atoms with Gasteiger partial charge in [0.05, 0.1) is 11.6 Å². The van der Waals surface area contributed by atoms with Crippen LogP contribution in [0.3, 0.4) is 0 Å². The number of ketones is 1. The van der Waals surface area contributed by atoms with E-state index in [1.807, 2.05) is 6.07 Å². The molecular formula is C20H16ClNO3. The fourth-order valence-corrected chi connectivity index (χ4v) is 3.08. The molecule has 1 N–H and O–H groups in total. The Bertz CT molecular complexity index is 856. The van der Waals surface area contributed by atoms with E-state index in [1.165, 1.54) is 4.90 Å². The van der Waals surface area contributed by atoms with Gasteiger partial charge in [0.15, 0.2) is 0 Å². The molecule has 1 atom stereocenters. The Morgan fingerprint density at radius 3 is 2.36 bits per heavy atom. The summed E-state index contributed by atoms with van der Waals surface area (Å²) in [7, 11) is 0. The van der Waals surface area contributed by atoms with Crippen LogP contribution in [0, 0.1) is 0 Å². The number of benzene rings is 2. The lowest BCUT2D eigenvalue weighted by molar-refractivity contribution is -0.139. The van der Waals surface area contributed by atoms with E-state index in [1.54, 1.807) is 54.6 Å². The summed E-state index contributed by atoms with van der Waals surface area (Å²) in [5, 5.41) is 11.3. The molecule has 0 bridgehead atoms. The number of rotatable bonds is 4. The minimum absolute atomic E-state index is 0.0698. The fraction of sp³-hybridized carbons (Fsp3) is 0.100. The molecule has 2 aromatic carbocycles. The number of nitrogens with zero attached hydrogens (tertiary/aromatic N) is 1. The largest absolute Gasteiger partial charge is 0.507 e. The van der Waals surface area contributed by atoms with Crippen molar-refractivity contribution in [1.29, 1.82) is 0 Å². The summed E-state index contributed by atoms with van der Waals surface area (Å²) < 4.78 is 0. The third kappa shape index (κ3) is 3.08. The molecule has 1 aliphatic rings. The molecule has 1 heterocycles. The van der Waals surface area contributed by atoms with Crippen molar-refractivity contribution in [2.24, 2.45) is 0 Å². The summed E-state index contributed by atoms with van der Waals surface area (Å²) in [6, 6.07) is 14.9. The Morgan fingerprint density at radius 1 is 1.12 bits per heavy atom. The van der Waals surface area contributed by atoms with Gasteiger partial charge in [-0.3, -0.25) is 9.59 Å². The van der Waals surface area contributed by atoms with Crippen LogP contribution in [0.5, 0.6) is 0 Å². The number of Topliss-reactive ketones (excluding diaryl/α,β-unsaturated/α-hetero) is 1. The topological polar surface area (TPSA) is 57.6 Å². The first-order chi connectivity index (χ1) is 12.0. The van der Waals surface area contributed by atoms with E-state index in [9.17, 15) is 14.7 Å². The first-order valence-corrected chi connectivity index (χ1v) is 8.12. The average Bonchev–Trinajstić information content (AvgIpc) is 2.88. The maximum atomic E-state index is 12.6. The Hall–Kier alpha value is -2.85. The molecule has 3 rings (SSSR count). The summed E-state index contributed by atoms with van der Waals surface area (Å²) >= 11 is 5.94. The van der Waals surface area contributed by atoms with Crippen molar-refractivity contribution in [3.63, 3.8) is 0 Å². The number of aliphatic hydroxyl groups is 1. The van der Waals surface area contributed by atoms with Gasteiger partial charge in [-0.1, -0.05) is 60.1 Å². The van der Waals surface area contributed by atoms with Crippen LogP contribution in [-0.4, -0.2) is 28.2 Å². The summed E-state index contributed by atoms with van der Waals surface area (Å²) in [6.45, 7) is 3.85. The monoisotopic (exact) mass is 353 g/mol. The SMILES string of the molecule is C=CCN1C(=O)C(=O)C(=C(O)c2ccccc2)[C@H]1c1ccc(Cl)cc1. The number of likely N-dealkylation sites (tertiary alicyclic amines) is 1. The van der Waals surface area contributed by atoms with Crippen molar-refractivity contribution in [3.8, 4) is 0 Å². The molecule has 1 fully saturated rings. The second kappa shape index (κ2) is 6.95. The molecule has 0 aliphatic carbocycles. The van der Waals surface area contributed by atoms with Gasteiger partial charge >= 0.3 is 0 Å². The van der Waals surface area contributed by atoms with Gasteiger partial charge < -0.3 is 10.0 Å². The van der Waals surface area contributed by atoms with Gasteiger partial charge in [-0.15, -0.1) is 6.58 Å². The maximum Gasteiger partial charge on any atom is 0.295 e. The van der Waals surface area contributed by atoms with Crippen molar-refractivity contribution in [1.82, 2.24) is 4.90 Å². The zero-order valence-corrected chi connectivity index (χ0v) is 14.1. The molecule has 1 aliphatic heterocycles.